The molecule has 166 valence electrons. The zero-order valence-electron chi connectivity index (χ0n) is 18.3. The Morgan fingerprint density at radius 3 is 2.48 bits per heavy atom. The summed E-state index contributed by atoms with van der Waals surface area (Å²) in [6.07, 6.45) is 7.33. The van der Waals surface area contributed by atoms with E-state index in [1.54, 1.807) is 24.3 Å². The predicted molar refractivity (Wildman–Crippen MR) is 124 cm³/mol. The van der Waals surface area contributed by atoms with Gasteiger partial charge in [0.25, 0.3) is 0 Å². The maximum absolute atomic E-state index is 13.3. The van der Waals surface area contributed by atoms with Crippen molar-refractivity contribution in [1.29, 1.82) is 0 Å². The monoisotopic (exact) mass is 441 g/mol. The van der Waals surface area contributed by atoms with Crippen molar-refractivity contribution < 1.29 is 18.3 Å². The third-order valence-electron chi connectivity index (χ3n) is 5.99. The fourth-order valence-corrected chi connectivity index (χ4v) is 5.84. The van der Waals surface area contributed by atoms with E-state index in [1.807, 2.05) is 24.3 Å². The summed E-state index contributed by atoms with van der Waals surface area (Å²) >= 11 is 0. The number of likely N-dealkylation sites (N-methyl/N-ethyl adjacent to an activating group) is 1. The largest absolute Gasteiger partial charge is 0.478 e. The first-order chi connectivity index (χ1) is 14.9. The lowest BCUT2D eigenvalue weighted by Crippen LogP contribution is -2.22. The SMILES string of the molecule is CCN(CC)CC=Cc1ccccc1S(=O)(=O)Cc1ccc2c(c1C(=O)O)CCCC2. The molecule has 0 radical (unpaired) electrons. The summed E-state index contributed by atoms with van der Waals surface area (Å²) in [6, 6.07) is 10.5. The van der Waals surface area contributed by atoms with Crippen molar-refractivity contribution in [2.45, 2.75) is 50.2 Å². The molecule has 6 heteroatoms. The molecule has 31 heavy (non-hydrogen) atoms. The van der Waals surface area contributed by atoms with Crippen LogP contribution in [0.15, 0.2) is 47.4 Å². The van der Waals surface area contributed by atoms with Crippen molar-refractivity contribution in [2.24, 2.45) is 0 Å². The van der Waals surface area contributed by atoms with Crippen LogP contribution in [0.1, 0.15) is 59.3 Å². The summed E-state index contributed by atoms with van der Waals surface area (Å²) in [7, 11) is -3.72. The lowest BCUT2D eigenvalue weighted by Gasteiger charge is -2.20. The van der Waals surface area contributed by atoms with Crippen molar-refractivity contribution in [1.82, 2.24) is 4.90 Å². The van der Waals surface area contributed by atoms with Gasteiger partial charge in [-0.25, -0.2) is 13.2 Å². The molecule has 0 fully saturated rings. The molecule has 1 aliphatic rings. The molecule has 1 N–H and O–H groups in total. The third kappa shape index (κ3) is 5.43. The molecule has 0 atom stereocenters. The van der Waals surface area contributed by atoms with E-state index in [2.05, 4.69) is 18.7 Å². The van der Waals surface area contributed by atoms with Gasteiger partial charge < -0.3 is 10.0 Å². The molecule has 0 saturated heterocycles. The molecule has 3 rings (SSSR count). The van der Waals surface area contributed by atoms with E-state index < -0.39 is 15.8 Å². The van der Waals surface area contributed by atoms with Gasteiger partial charge in [-0.2, -0.15) is 0 Å². The van der Waals surface area contributed by atoms with Crippen LogP contribution in [0.5, 0.6) is 0 Å². The number of carbonyl (C=O) groups is 1. The molecule has 0 unspecified atom stereocenters. The number of sulfone groups is 1. The van der Waals surface area contributed by atoms with Crippen LogP contribution in [-0.4, -0.2) is 44.0 Å². The van der Waals surface area contributed by atoms with Crippen LogP contribution >= 0.6 is 0 Å². The van der Waals surface area contributed by atoms with Crippen LogP contribution in [0, 0.1) is 0 Å². The van der Waals surface area contributed by atoms with Gasteiger partial charge in [-0.1, -0.05) is 56.3 Å². The summed E-state index contributed by atoms with van der Waals surface area (Å²) in [5, 5.41) is 9.85. The maximum Gasteiger partial charge on any atom is 0.336 e. The second kappa shape index (κ2) is 10.2. The number of carboxylic acids is 1. The van der Waals surface area contributed by atoms with Crippen LogP contribution < -0.4 is 0 Å². The van der Waals surface area contributed by atoms with Crippen molar-refractivity contribution in [3.8, 4) is 0 Å². The molecule has 2 aromatic carbocycles. The van der Waals surface area contributed by atoms with Crippen LogP contribution in [-0.2, 0) is 28.4 Å². The van der Waals surface area contributed by atoms with E-state index in [0.717, 1.165) is 50.0 Å². The number of hydrogen-bond acceptors (Lipinski definition) is 4. The molecule has 1 aliphatic carbocycles. The Bertz CT molecular complexity index is 1070. The Labute approximate surface area is 185 Å². The highest BCUT2D eigenvalue weighted by Crippen LogP contribution is 2.30. The van der Waals surface area contributed by atoms with E-state index in [-0.39, 0.29) is 16.2 Å². The molecule has 0 spiro atoms. The second-order valence-electron chi connectivity index (χ2n) is 7.93. The van der Waals surface area contributed by atoms with Gasteiger partial charge in [0.2, 0.25) is 0 Å². The third-order valence-corrected chi connectivity index (χ3v) is 7.72. The van der Waals surface area contributed by atoms with E-state index in [1.165, 1.54) is 0 Å². The normalized spacial score (nSPS) is 14.2. The van der Waals surface area contributed by atoms with Crippen LogP contribution in [0.2, 0.25) is 0 Å². The molecule has 0 heterocycles. The first-order valence-corrected chi connectivity index (χ1v) is 12.6. The number of aromatic carboxylic acids is 1. The molecular formula is C25H31NO4S. The summed E-state index contributed by atoms with van der Waals surface area (Å²) in [5.41, 5.74) is 3.01. The van der Waals surface area contributed by atoms with Crippen molar-refractivity contribution in [3.63, 3.8) is 0 Å². The first kappa shape index (κ1) is 23.2. The number of nitrogens with zero attached hydrogens (tertiary/aromatic N) is 1. The Morgan fingerprint density at radius 2 is 1.77 bits per heavy atom. The summed E-state index contributed by atoms with van der Waals surface area (Å²) in [5.74, 6) is -1.36. The number of fused-ring (bicyclic) bond motifs is 1. The quantitative estimate of drug-likeness (QED) is 0.616. The number of benzene rings is 2. The van der Waals surface area contributed by atoms with Crippen LogP contribution in [0.4, 0.5) is 0 Å². The van der Waals surface area contributed by atoms with Crippen molar-refractivity contribution >= 4 is 21.9 Å². The second-order valence-corrected chi connectivity index (χ2v) is 9.89. The lowest BCUT2D eigenvalue weighted by molar-refractivity contribution is 0.0694. The number of rotatable bonds is 9. The van der Waals surface area contributed by atoms with Crippen LogP contribution in [0.25, 0.3) is 6.08 Å². The topological polar surface area (TPSA) is 74.7 Å². The van der Waals surface area contributed by atoms with Gasteiger partial charge >= 0.3 is 5.97 Å². The zero-order valence-corrected chi connectivity index (χ0v) is 19.1. The van der Waals surface area contributed by atoms with Gasteiger partial charge in [0.1, 0.15) is 0 Å². The highest BCUT2D eigenvalue weighted by atomic mass is 32.2. The minimum Gasteiger partial charge on any atom is -0.478 e. The number of aryl methyl sites for hydroxylation is 1. The molecule has 5 nitrogen and oxygen atoms in total. The number of carboxylic acid groups (broad SMARTS) is 1. The smallest absolute Gasteiger partial charge is 0.336 e. The molecule has 0 aromatic heterocycles. The molecule has 0 bridgehead atoms. The van der Waals surface area contributed by atoms with E-state index in [9.17, 15) is 18.3 Å². The van der Waals surface area contributed by atoms with Crippen LogP contribution in [0.3, 0.4) is 0 Å². The lowest BCUT2D eigenvalue weighted by atomic mass is 9.86. The molecule has 2 aromatic rings. The Kier molecular flexibility index (Phi) is 7.68. The van der Waals surface area contributed by atoms with Gasteiger partial charge in [0.15, 0.2) is 9.84 Å². The Balaban J connectivity index is 1.94. The summed E-state index contributed by atoms with van der Waals surface area (Å²) in [4.78, 5) is 14.5. The standard InChI is InChI=1S/C25H31NO4S/c1-3-26(4-2)17-9-12-20-11-6-8-14-23(20)31(29,30)18-21-16-15-19-10-5-7-13-22(19)24(21)25(27)28/h6,8-9,11-12,14-16H,3-5,7,10,13,17-18H2,1-2H3,(H,27,28). The van der Waals surface area contributed by atoms with Crippen molar-refractivity contribution in [3.05, 3.63) is 70.3 Å². The molecule has 0 aliphatic heterocycles. The first-order valence-electron chi connectivity index (χ1n) is 10.9. The van der Waals surface area contributed by atoms with E-state index in [0.29, 0.717) is 17.5 Å². The highest BCUT2D eigenvalue weighted by molar-refractivity contribution is 7.90. The minimum atomic E-state index is -3.72. The molecule has 0 amide bonds. The fourth-order valence-electron chi connectivity index (χ4n) is 4.26. The van der Waals surface area contributed by atoms with Gasteiger partial charge in [-0.3, -0.25) is 0 Å². The van der Waals surface area contributed by atoms with E-state index >= 15 is 0 Å². The van der Waals surface area contributed by atoms with E-state index in [4.69, 9.17) is 0 Å². The summed E-state index contributed by atoms with van der Waals surface area (Å²) < 4.78 is 26.7. The average Bonchev–Trinajstić information content (AvgIpc) is 2.76. The minimum absolute atomic E-state index is 0.176. The fraction of sp³-hybridized carbons (Fsp3) is 0.400. The zero-order chi connectivity index (χ0) is 22.4. The molecule has 0 saturated carbocycles. The highest BCUT2D eigenvalue weighted by Gasteiger charge is 2.26. The summed E-state index contributed by atoms with van der Waals surface area (Å²) in [6.45, 7) is 6.78. The van der Waals surface area contributed by atoms with Gasteiger partial charge in [0, 0.05) is 6.54 Å². The average molecular weight is 442 g/mol. The van der Waals surface area contributed by atoms with Crippen molar-refractivity contribution in [2.75, 3.05) is 19.6 Å². The number of hydrogen-bond donors (Lipinski definition) is 1. The van der Waals surface area contributed by atoms with Gasteiger partial charge in [-0.05, 0) is 67.1 Å². The molecular weight excluding hydrogens is 410 g/mol. The Morgan fingerprint density at radius 1 is 1.06 bits per heavy atom. The predicted octanol–water partition coefficient (Wildman–Crippen LogP) is 4.59. The van der Waals surface area contributed by atoms with Gasteiger partial charge in [-0.15, -0.1) is 0 Å². The van der Waals surface area contributed by atoms with Gasteiger partial charge in [0.05, 0.1) is 16.2 Å². The maximum atomic E-state index is 13.3. The Hall–Kier alpha value is -2.44.